The third-order valence-electron chi connectivity index (χ3n) is 2.35. The van der Waals surface area contributed by atoms with Crippen molar-refractivity contribution in [2.45, 2.75) is 19.0 Å². The van der Waals surface area contributed by atoms with Crippen molar-refractivity contribution < 1.29 is 19.6 Å². The Balaban J connectivity index is 2.50. The maximum atomic E-state index is 11.7. The van der Waals surface area contributed by atoms with Gasteiger partial charge in [0.25, 0.3) is 0 Å². The van der Waals surface area contributed by atoms with E-state index in [1.54, 1.807) is 0 Å². The third-order valence-corrected chi connectivity index (χ3v) is 2.35. The highest BCUT2D eigenvalue weighted by molar-refractivity contribution is 5.76. The fourth-order valence-electron chi connectivity index (χ4n) is 1.51. The van der Waals surface area contributed by atoms with Crippen molar-refractivity contribution in [1.29, 1.82) is 0 Å². The second-order valence-electron chi connectivity index (χ2n) is 3.89. The maximum absolute atomic E-state index is 11.7. The van der Waals surface area contributed by atoms with Gasteiger partial charge in [0.1, 0.15) is 18.9 Å². The van der Waals surface area contributed by atoms with E-state index in [9.17, 15) is 14.9 Å². The number of aliphatic hydroxyl groups excluding tert-OH is 1. The van der Waals surface area contributed by atoms with Gasteiger partial charge in [-0.05, 0) is 6.42 Å². The highest BCUT2D eigenvalue weighted by Gasteiger charge is 2.14. The minimum absolute atomic E-state index is 0.0679. The number of carbonyl (C=O) groups excluding carboxylic acids is 1. The van der Waals surface area contributed by atoms with Gasteiger partial charge in [-0.25, -0.2) is 0 Å². The van der Waals surface area contributed by atoms with Crippen LogP contribution in [0.25, 0.3) is 0 Å². The SMILES string of the molecule is COCC(CCO)NC(=O)Cn1cc([N+](=O)[O-])cn1. The lowest BCUT2D eigenvalue weighted by Crippen LogP contribution is -2.40. The van der Waals surface area contributed by atoms with Crippen LogP contribution in [0.15, 0.2) is 12.4 Å². The van der Waals surface area contributed by atoms with Crippen molar-refractivity contribution in [3.8, 4) is 0 Å². The lowest BCUT2D eigenvalue weighted by Gasteiger charge is -2.16. The molecule has 0 aromatic carbocycles. The molecule has 19 heavy (non-hydrogen) atoms. The Morgan fingerprint density at radius 3 is 3.00 bits per heavy atom. The summed E-state index contributed by atoms with van der Waals surface area (Å²) in [6.07, 6.45) is 2.63. The summed E-state index contributed by atoms with van der Waals surface area (Å²) < 4.78 is 6.08. The predicted octanol–water partition coefficient (Wildman–Crippen LogP) is -0.695. The van der Waals surface area contributed by atoms with Crippen molar-refractivity contribution in [2.75, 3.05) is 20.3 Å². The van der Waals surface area contributed by atoms with Gasteiger partial charge in [0.05, 0.1) is 17.6 Å². The molecule has 1 unspecified atom stereocenters. The van der Waals surface area contributed by atoms with E-state index >= 15 is 0 Å². The van der Waals surface area contributed by atoms with E-state index in [-0.39, 0.29) is 37.4 Å². The summed E-state index contributed by atoms with van der Waals surface area (Å²) >= 11 is 0. The van der Waals surface area contributed by atoms with Gasteiger partial charge in [-0.1, -0.05) is 0 Å². The first kappa shape index (κ1) is 15.1. The van der Waals surface area contributed by atoms with Gasteiger partial charge in [0, 0.05) is 13.7 Å². The van der Waals surface area contributed by atoms with Crippen LogP contribution in [0.4, 0.5) is 5.69 Å². The number of nitrogens with zero attached hydrogens (tertiary/aromatic N) is 3. The molecular weight excluding hydrogens is 256 g/mol. The monoisotopic (exact) mass is 272 g/mol. The lowest BCUT2D eigenvalue weighted by molar-refractivity contribution is -0.385. The topological polar surface area (TPSA) is 120 Å². The van der Waals surface area contributed by atoms with E-state index in [1.807, 2.05) is 0 Å². The van der Waals surface area contributed by atoms with Crippen LogP contribution in [-0.4, -0.2) is 52.1 Å². The molecule has 2 N–H and O–H groups in total. The standard InChI is InChI=1S/C10H16N4O5/c1-19-7-8(2-3-15)12-10(16)6-13-5-9(4-11-13)14(17)18/h4-5,8,15H,2-3,6-7H2,1H3,(H,12,16). The zero-order valence-electron chi connectivity index (χ0n) is 10.5. The molecule has 0 radical (unpaired) electrons. The number of carbonyl (C=O) groups is 1. The Labute approximate surface area is 109 Å². The number of nitrogens with one attached hydrogen (secondary N) is 1. The summed E-state index contributed by atoms with van der Waals surface area (Å²) in [6, 6.07) is -0.298. The molecule has 1 rings (SSSR count). The summed E-state index contributed by atoms with van der Waals surface area (Å²) in [4.78, 5) is 21.5. The number of rotatable bonds is 8. The Morgan fingerprint density at radius 2 is 2.47 bits per heavy atom. The first-order valence-electron chi connectivity index (χ1n) is 5.62. The predicted molar refractivity (Wildman–Crippen MR) is 64.4 cm³/mol. The summed E-state index contributed by atoms with van der Waals surface area (Å²) in [5, 5.41) is 25.6. The van der Waals surface area contributed by atoms with Gasteiger partial charge in [0.2, 0.25) is 5.91 Å². The fraction of sp³-hybridized carbons (Fsp3) is 0.600. The van der Waals surface area contributed by atoms with Crippen LogP contribution in [0, 0.1) is 10.1 Å². The largest absolute Gasteiger partial charge is 0.396 e. The molecule has 0 aliphatic heterocycles. The minimum Gasteiger partial charge on any atom is -0.396 e. The van der Waals surface area contributed by atoms with Crippen LogP contribution >= 0.6 is 0 Å². The van der Waals surface area contributed by atoms with E-state index in [2.05, 4.69) is 10.4 Å². The number of aromatic nitrogens is 2. The molecule has 1 amide bonds. The molecule has 1 heterocycles. The lowest BCUT2D eigenvalue weighted by atomic mass is 10.2. The Hall–Kier alpha value is -2.00. The molecule has 0 fully saturated rings. The quantitative estimate of drug-likeness (QED) is 0.477. The molecule has 9 heteroatoms. The van der Waals surface area contributed by atoms with Crippen LogP contribution in [0.5, 0.6) is 0 Å². The number of nitro groups is 1. The van der Waals surface area contributed by atoms with Crippen molar-refractivity contribution in [3.63, 3.8) is 0 Å². The molecule has 0 aliphatic rings. The molecule has 1 aromatic rings. The van der Waals surface area contributed by atoms with Crippen LogP contribution < -0.4 is 5.32 Å². The van der Waals surface area contributed by atoms with Crippen LogP contribution in [0.2, 0.25) is 0 Å². The Bertz CT molecular complexity index is 427. The molecule has 0 bridgehead atoms. The van der Waals surface area contributed by atoms with Crippen LogP contribution in [-0.2, 0) is 16.1 Å². The molecule has 0 aliphatic carbocycles. The average molecular weight is 272 g/mol. The normalized spacial score (nSPS) is 12.1. The summed E-state index contributed by atoms with van der Waals surface area (Å²) in [6.45, 7) is 0.0899. The molecule has 0 spiro atoms. The van der Waals surface area contributed by atoms with E-state index in [0.717, 1.165) is 6.20 Å². The second kappa shape index (κ2) is 7.44. The fourth-order valence-corrected chi connectivity index (χ4v) is 1.51. The third kappa shape index (κ3) is 5.02. The van der Waals surface area contributed by atoms with Gasteiger partial charge in [0.15, 0.2) is 0 Å². The number of hydrogen-bond acceptors (Lipinski definition) is 6. The van der Waals surface area contributed by atoms with E-state index in [0.29, 0.717) is 6.42 Å². The molecule has 0 saturated carbocycles. The van der Waals surface area contributed by atoms with Gasteiger partial charge < -0.3 is 15.2 Å². The maximum Gasteiger partial charge on any atom is 0.307 e. The number of ether oxygens (including phenoxy) is 1. The number of amides is 1. The summed E-state index contributed by atoms with van der Waals surface area (Å²) in [5.74, 6) is -0.353. The van der Waals surface area contributed by atoms with Crippen molar-refractivity contribution >= 4 is 11.6 Å². The Morgan fingerprint density at radius 1 is 1.74 bits per heavy atom. The minimum atomic E-state index is -0.582. The number of methoxy groups -OCH3 is 1. The average Bonchev–Trinajstić information content (AvgIpc) is 2.78. The zero-order chi connectivity index (χ0) is 14.3. The van der Waals surface area contributed by atoms with Gasteiger partial charge in [-0.2, -0.15) is 5.10 Å². The molecule has 106 valence electrons. The van der Waals surface area contributed by atoms with Crippen molar-refractivity contribution in [2.24, 2.45) is 0 Å². The summed E-state index contributed by atoms with van der Waals surface area (Å²) in [7, 11) is 1.49. The molecule has 1 atom stereocenters. The number of aliphatic hydroxyl groups is 1. The highest BCUT2D eigenvalue weighted by atomic mass is 16.6. The molecule has 1 aromatic heterocycles. The molecule has 9 nitrogen and oxygen atoms in total. The molecule has 0 saturated heterocycles. The van der Waals surface area contributed by atoms with Crippen LogP contribution in [0.3, 0.4) is 0 Å². The Kier molecular flexibility index (Phi) is 5.90. The van der Waals surface area contributed by atoms with E-state index in [1.165, 1.54) is 18.0 Å². The van der Waals surface area contributed by atoms with Gasteiger partial charge in [-0.3, -0.25) is 19.6 Å². The van der Waals surface area contributed by atoms with E-state index < -0.39 is 4.92 Å². The van der Waals surface area contributed by atoms with Crippen molar-refractivity contribution in [3.05, 3.63) is 22.5 Å². The smallest absolute Gasteiger partial charge is 0.307 e. The van der Waals surface area contributed by atoms with Crippen molar-refractivity contribution in [1.82, 2.24) is 15.1 Å². The summed E-state index contributed by atoms with van der Waals surface area (Å²) in [5.41, 5.74) is -0.170. The number of hydrogen-bond donors (Lipinski definition) is 2. The first-order chi connectivity index (χ1) is 9.06. The zero-order valence-corrected chi connectivity index (χ0v) is 10.5. The van der Waals surface area contributed by atoms with Crippen LogP contribution in [0.1, 0.15) is 6.42 Å². The highest BCUT2D eigenvalue weighted by Crippen LogP contribution is 2.07. The van der Waals surface area contributed by atoms with E-state index in [4.69, 9.17) is 9.84 Å². The van der Waals surface area contributed by atoms with Gasteiger partial charge >= 0.3 is 5.69 Å². The first-order valence-corrected chi connectivity index (χ1v) is 5.62. The van der Waals surface area contributed by atoms with Gasteiger partial charge in [-0.15, -0.1) is 0 Å². The second-order valence-corrected chi connectivity index (χ2v) is 3.89. The molecular formula is C10H16N4O5.